The molecule has 2 aromatic rings. The van der Waals surface area contributed by atoms with Gasteiger partial charge in [0.25, 0.3) is 0 Å². The molecule has 1 atom stereocenters. The highest BCUT2D eigenvalue weighted by atomic mass is 35.5. The summed E-state index contributed by atoms with van der Waals surface area (Å²) in [6.07, 6.45) is -0.546. The highest BCUT2D eigenvalue weighted by Crippen LogP contribution is 2.37. The van der Waals surface area contributed by atoms with Gasteiger partial charge in [0, 0.05) is 5.56 Å². The summed E-state index contributed by atoms with van der Waals surface area (Å²) in [6, 6.07) is 7.71. The Bertz CT molecular complexity index is 700. The highest BCUT2D eigenvalue weighted by Gasteiger charge is 2.29. The van der Waals surface area contributed by atoms with Crippen molar-refractivity contribution < 1.29 is 18.3 Å². The lowest BCUT2D eigenvalue weighted by Crippen LogP contribution is -2.20. The van der Waals surface area contributed by atoms with Crippen LogP contribution in [0.25, 0.3) is 0 Å². The summed E-state index contributed by atoms with van der Waals surface area (Å²) in [5.74, 6) is -0.855. The van der Waals surface area contributed by atoms with Crippen LogP contribution in [0.2, 0.25) is 5.02 Å². The molecule has 0 aromatic heterocycles. The summed E-state index contributed by atoms with van der Waals surface area (Å²) in [4.78, 5) is 12.0. The molecule has 0 aliphatic carbocycles. The first kappa shape index (κ1) is 13.1. The Balaban J connectivity index is 1.99. The Hall–Kier alpha value is -1.94. The molecule has 102 valence electrons. The van der Waals surface area contributed by atoms with E-state index in [1.807, 2.05) is 0 Å². The Labute approximate surface area is 118 Å². The van der Waals surface area contributed by atoms with Crippen molar-refractivity contribution in [2.75, 3.05) is 0 Å². The van der Waals surface area contributed by atoms with Gasteiger partial charge in [0.1, 0.15) is 23.5 Å². The molecule has 0 saturated heterocycles. The highest BCUT2D eigenvalue weighted by molar-refractivity contribution is 6.31. The third-order valence-electron chi connectivity index (χ3n) is 3.19. The fraction of sp³-hybridized carbons (Fsp3) is 0.133. The standard InChI is InChI=1S/C15H9ClF2O2/c16-12-6-9(18)1-3-10(12)15-7-13(19)11-5-8(17)2-4-14(11)20-15/h1-6,15H,7H2. The third-order valence-corrected chi connectivity index (χ3v) is 3.52. The van der Waals surface area contributed by atoms with Crippen LogP contribution < -0.4 is 4.74 Å². The zero-order valence-electron chi connectivity index (χ0n) is 10.2. The number of carbonyl (C=O) groups is 1. The second-order valence-corrected chi connectivity index (χ2v) is 4.95. The van der Waals surface area contributed by atoms with E-state index in [4.69, 9.17) is 16.3 Å². The Morgan fingerprint density at radius 3 is 2.55 bits per heavy atom. The van der Waals surface area contributed by atoms with Gasteiger partial charge in [0.05, 0.1) is 17.0 Å². The summed E-state index contributed by atoms with van der Waals surface area (Å²) < 4.78 is 31.8. The van der Waals surface area contributed by atoms with Gasteiger partial charge in [-0.05, 0) is 30.3 Å². The fourth-order valence-electron chi connectivity index (χ4n) is 2.23. The maximum absolute atomic E-state index is 13.1. The molecule has 0 radical (unpaired) electrons. The molecule has 1 aliphatic rings. The van der Waals surface area contributed by atoms with E-state index in [1.165, 1.54) is 30.3 Å². The van der Waals surface area contributed by atoms with Crippen LogP contribution >= 0.6 is 11.6 Å². The van der Waals surface area contributed by atoms with Crippen LogP contribution in [0.5, 0.6) is 5.75 Å². The van der Waals surface area contributed by atoms with E-state index in [1.54, 1.807) is 0 Å². The number of hydrogen-bond acceptors (Lipinski definition) is 2. The van der Waals surface area contributed by atoms with Crippen LogP contribution in [0.15, 0.2) is 36.4 Å². The number of carbonyl (C=O) groups excluding carboxylic acids is 1. The average molecular weight is 295 g/mol. The van der Waals surface area contributed by atoms with Crippen molar-refractivity contribution >= 4 is 17.4 Å². The van der Waals surface area contributed by atoms with E-state index < -0.39 is 17.7 Å². The first-order chi connectivity index (χ1) is 9.54. The van der Waals surface area contributed by atoms with Crippen molar-refractivity contribution in [1.82, 2.24) is 0 Å². The minimum absolute atomic E-state index is 0.0435. The topological polar surface area (TPSA) is 26.3 Å². The number of benzene rings is 2. The predicted molar refractivity (Wildman–Crippen MR) is 70.1 cm³/mol. The number of fused-ring (bicyclic) bond motifs is 1. The molecule has 1 aliphatic heterocycles. The van der Waals surface area contributed by atoms with Crippen LogP contribution in [0.3, 0.4) is 0 Å². The summed E-state index contributed by atoms with van der Waals surface area (Å²) in [5.41, 5.74) is 0.760. The molecule has 20 heavy (non-hydrogen) atoms. The molecule has 1 unspecified atom stereocenters. The van der Waals surface area contributed by atoms with Crippen molar-refractivity contribution in [2.45, 2.75) is 12.5 Å². The third kappa shape index (κ3) is 2.27. The lowest BCUT2D eigenvalue weighted by Gasteiger charge is -2.26. The first-order valence-corrected chi connectivity index (χ1v) is 6.37. The number of halogens is 3. The van der Waals surface area contributed by atoms with E-state index >= 15 is 0 Å². The molecule has 0 saturated carbocycles. The molecule has 2 nitrogen and oxygen atoms in total. The molecule has 0 N–H and O–H groups in total. The largest absolute Gasteiger partial charge is 0.484 e. The first-order valence-electron chi connectivity index (χ1n) is 5.99. The number of Topliss-reactive ketones (excluding diaryl/α,β-unsaturated/α-hetero) is 1. The second-order valence-electron chi connectivity index (χ2n) is 4.54. The normalized spacial score (nSPS) is 17.6. The van der Waals surface area contributed by atoms with E-state index in [9.17, 15) is 13.6 Å². The molecular formula is C15H9ClF2O2. The summed E-state index contributed by atoms with van der Waals surface area (Å²) >= 11 is 5.97. The van der Waals surface area contributed by atoms with Gasteiger partial charge in [-0.15, -0.1) is 0 Å². The molecule has 3 rings (SSSR count). The van der Waals surface area contributed by atoms with Crippen LogP contribution in [0, 0.1) is 11.6 Å². The van der Waals surface area contributed by atoms with Crippen molar-refractivity contribution in [1.29, 1.82) is 0 Å². The van der Waals surface area contributed by atoms with Gasteiger partial charge in [-0.2, -0.15) is 0 Å². The van der Waals surface area contributed by atoms with Crippen LogP contribution in [0.4, 0.5) is 8.78 Å². The number of ketones is 1. The molecule has 5 heteroatoms. The zero-order valence-corrected chi connectivity index (χ0v) is 11.0. The van der Waals surface area contributed by atoms with Crippen LogP contribution in [-0.4, -0.2) is 5.78 Å². The SMILES string of the molecule is O=C1CC(c2ccc(F)cc2Cl)Oc2ccc(F)cc21. The van der Waals surface area contributed by atoms with Gasteiger partial charge < -0.3 is 4.74 Å². The maximum Gasteiger partial charge on any atom is 0.170 e. The molecule has 0 fully saturated rings. The van der Waals surface area contributed by atoms with E-state index in [0.717, 1.165) is 6.07 Å². The lowest BCUT2D eigenvalue weighted by molar-refractivity contribution is 0.0849. The summed E-state index contributed by atoms with van der Waals surface area (Å²) in [6.45, 7) is 0. The van der Waals surface area contributed by atoms with Gasteiger partial charge in [-0.25, -0.2) is 8.78 Å². The Morgan fingerprint density at radius 2 is 1.80 bits per heavy atom. The Kier molecular flexibility index (Phi) is 3.18. The maximum atomic E-state index is 13.1. The predicted octanol–water partition coefficient (Wildman–Crippen LogP) is 4.32. The average Bonchev–Trinajstić information content (AvgIpc) is 2.39. The second kappa shape index (κ2) is 4.87. The quantitative estimate of drug-likeness (QED) is 0.783. The van der Waals surface area contributed by atoms with Crippen molar-refractivity contribution in [3.63, 3.8) is 0 Å². The smallest absolute Gasteiger partial charge is 0.170 e. The van der Waals surface area contributed by atoms with Gasteiger partial charge in [0.2, 0.25) is 0 Å². The van der Waals surface area contributed by atoms with Crippen molar-refractivity contribution in [3.8, 4) is 5.75 Å². The number of rotatable bonds is 1. The van der Waals surface area contributed by atoms with Gasteiger partial charge >= 0.3 is 0 Å². The van der Waals surface area contributed by atoms with Crippen molar-refractivity contribution in [3.05, 3.63) is 64.2 Å². The van der Waals surface area contributed by atoms with E-state index in [2.05, 4.69) is 0 Å². The monoisotopic (exact) mass is 294 g/mol. The van der Waals surface area contributed by atoms with Gasteiger partial charge in [-0.3, -0.25) is 4.79 Å². The summed E-state index contributed by atoms with van der Waals surface area (Å²) in [7, 11) is 0. The van der Waals surface area contributed by atoms with Crippen molar-refractivity contribution in [2.24, 2.45) is 0 Å². The number of ether oxygens (including phenoxy) is 1. The molecule has 0 amide bonds. The van der Waals surface area contributed by atoms with Gasteiger partial charge in [0.15, 0.2) is 5.78 Å². The minimum atomic E-state index is -0.589. The minimum Gasteiger partial charge on any atom is -0.484 e. The van der Waals surface area contributed by atoms with Crippen LogP contribution in [-0.2, 0) is 0 Å². The van der Waals surface area contributed by atoms with E-state index in [0.29, 0.717) is 11.3 Å². The zero-order chi connectivity index (χ0) is 14.3. The lowest BCUT2D eigenvalue weighted by atomic mass is 9.96. The molecule has 0 spiro atoms. The molecule has 0 bridgehead atoms. The summed E-state index contributed by atoms with van der Waals surface area (Å²) in [5, 5.41) is 0.202. The molecule has 2 aromatic carbocycles. The molecule has 1 heterocycles. The van der Waals surface area contributed by atoms with E-state index in [-0.39, 0.29) is 22.8 Å². The fourth-order valence-corrected chi connectivity index (χ4v) is 2.52. The van der Waals surface area contributed by atoms with Gasteiger partial charge in [-0.1, -0.05) is 17.7 Å². The Morgan fingerprint density at radius 1 is 1.10 bits per heavy atom. The molecular weight excluding hydrogens is 286 g/mol. The number of hydrogen-bond donors (Lipinski definition) is 0. The van der Waals surface area contributed by atoms with Crippen LogP contribution in [0.1, 0.15) is 28.4 Å².